The SMILES string of the molecule is C=Cc1ccccc1.c1ccncc1. The van der Waals surface area contributed by atoms with Gasteiger partial charge in [0.25, 0.3) is 0 Å². The molecule has 1 heterocycles. The Morgan fingerprint density at radius 1 is 0.857 bits per heavy atom. The fourth-order valence-corrected chi connectivity index (χ4v) is 0.902. The summed E-state index contributed by atoms with van der Waals surface area (Å²) >= 11 is 0. The Kier molecular flexibility index (Phi) is 4.81. The van der Waals surface area contributed by atoms with Crippen molar-refractivity contribution >= 4 is 6.08 Å². The molecule has 0 saturated heterocycles. The molecule has 70 valence electrons. The summed E-state index contributed by atoms with van der Waals surface area (Å²) in [7, 11) is 0. The van der Waals surface area contributed by atoms with Crippen molar-refractivity contribution in [3.05, 3.63) is 73.1 Å². The van der Waals surface area contributed by atoms with E-state index in [1.165, 1.54) is 5.56 Å². The molecule has 0 unspecified atom stereocenters. The van der Waals surface area contributed by atoms with Gasteiger partial charge in [0.05, 0.1) is 0 Å². The van der Waals surface area contributed by atoms with Crippen LogP contribution in [0.15, 0.2) is 67.5 Å². The van der Waals surface area contributed by atoms with Crippen LogP contribution in [0.3, 0.4) is 0 Å². The Morgan fingerprint density at radius 3 is 1.71 bits per heavy atom. The fourth-order valence-electron chi connectivity index (χ4n) is 0.902. The summed E-state index contributed by atoms with van der Waals surface area (Å²) < 4.78 is 0. The van der Waals surface area contributed by atoms with E-state index in [1.54, 1.807) is 12.4 Å². The Hall–Kier alpha value is -1.89. The molecule has 0 aliphatic heterocycles. The Morgan fingerprint density at radius 2 is 1.43 bits per heavy atom. The highest BCUT2D eigenvalue weighted by molar-refractivity contribution is 5.45. The first kappa shape index (κ1) is 10.2. The largest absolute Gasteiger partial charge is 0.265 e. The second-order valence-electron chi connectivity index (χ2n) is 2.64. The van der Waals surface area contributed by atoms with Gasteiger partial charge < -0.3 is 0 Å². The minimum absolute atomic E-state index is 1.17. The first-order valence-electron chi connectivity index (χ1n) is 4.46. The van der Waals surface area contributed by atoms with Gasteiger partial charge in [-0.15, -0.1) is 0 Å². The molecule has 0 aliphatic carbocycles. The van der Waals surface area contributed by atoms with Crippen molar-refractivity contribution in [3.63, 3.8) is 0 Å². The molecule has 0 amide bonds. The lowest BCUT2D eigenvalue weighted by atomic mass is 10.2. The van der Waals surface area contributed by atoms with E-state index in [0.29, 0.717) is 0 Å². The van der Waals surface area contributed by atoms with Gasteiger partial charge in [0.2, 0.25) is 0 Å². The Labute approximate surface area is 84.8 Å². The molecule has 0 bridgehead atoms. The molecule has 0 atom stereocenters. The molecule has 0 saturated carbocycles. The molecule has 0 N–H and O–H groups in total. The minimum Gasteiger partial charge on any atom is -0.265 e. The summed E-state index contributed by atoms with van der Waals surface area (Å²) in [4.78, 5) is 3.78. The normalized spacial score (nSPS) is 8.29. The number of hydrogen-bond acceptors (Lipinski definition) is 1. The highest BCUT2D eigenvalue weighted by atomic mass is 14.6. The van der Waals surface area contributed by atoms with Crippen molar-refractivity contribution in [1.82, 2.24) is 4.98 Å². The van der Waals surface area contributed by atoms with Crippen LogP contribution in [0.4, 0.5) is 0 Å². The van der Waals surface area contributed by atoms with E-state index in [9.17, 15) is 0 Å². The van der Waals surface area contributed by atoms with Crippen LogP contribution in [0.25, 0.3) is 6.08 Å². The van der Waals surface area contributed by atoms with Crippen LogP contribution < -0.4 is 0 Å². The summed E-state index contributed by atoms with van der Waals surface area (Å²) in [5.74, 6) is 0. The number of hydrogen-bond donors (Lipinski definition) is 0. The van der Waals surface area contributed by atoms with Crippen LogP contribution in [-0.4, -0.2) is 4.98 Å². The zero-order chi connectivity index (χ0) is 10.1. The van der Waals surface area contributed by atoms with Crippen molar-refractivity contribution in [1.29, 1.82) is 0 Å². The van der Waals surface area contributed by atoms with Crippen molar-refractivity contribution < 1.29 is 0 Å². The highest BCUT2D eigenvalue weighted by Gasteiger charge is 1.75. The van der Waals surface area contributed by atoms with E-state index in [0.717, 1.165) is 0 Å². The maximum atomic E-state index is 3.78. The molecule has 2 rings (SSSR count). The predicted octanol–water partition coefficient (Wildman–Crippen LogP) is 3.41. The van der Waals surface area contributed by atoms with Crippen molar-refractivity contribution in [3.8, 4) is 0 Å². The zero-order valence-corrected chi connectivity index (χ0v) is 8.01. The first-order valence-corrected chi connectivity index (χ1v) is 4.46. The molecule has 0 fully saturated rings. The van der Waals surface area contributed by atoms with Crippen LogP contribution >= 0.6 is 0 Å². The molecule has 0 spiro atoms. The van der Waals surface area contributed by atoms with Crippen LogP contribution in [0.1, 0.15) is 5.56 Å². The van der Waals surface area contributed by atoms with Gasteiger partial charge in [-0.05, 0) is 17.7 Å². The van der Waals surface area contributed by atoms with E-state index >= 15 is 0 Å². The van der Waals surface area contributed by atoms with Gasteiger partial charge in [0, 0.05) is 12.4 Å². The quantitative estimate of drug-likeness (QED) is 0.660. The molecule has 0 aliphatic rings. The van der Waals surface area contributed by atoms with E-state index < -0.39 is 0 Å². The average molecular weight is 183 g/mol. The molecule has 1 aromatic carbocycles. The van der Waals surface area contributed by atoms with E-state index in [2.05, 4.69) is 11.6 Å². The summed E-state index contributed by atoms with van der Waals surface area (Å²) in [6.07, 6.45) is 5.33. The number of pyridine rings is 1. The van der Waals surface area contributed by atoms with Gasteiger partial charge in [0.1, 0.15) is 0 Å². The van der Waals surface area contributed by atoms with Crippen molar-refractivity contribution in [2.24, 2.45) is 0 Å². The van der Waals surface area contributed by atoms with Crippen LogP contribution in [0, 0.1) is 0 Å². The standard InChI is InChI=1S/C8H8.C5H5N/c1-2-8-6-4-3-5-7-8;1-2-4-6-5-3-1/h2-7H,1H2;1-5H. The molecule has 1 heteroatoms. The van der Waals surface area contributed by atoms with Gasteiger partial charge in [-0.3, -0.25) is 4.98 Å². The predicted molar refractivity (Wildman–Crippen MR) is 60.8 cm³/mol. The molecular weight excluding hydrogens is 170 g/mol. The van der Waals surface area contributed by atoms with E-state index in [1.807, 2.05) is 54.6 Å². The van der Waals surface area contributed by atoms with Gasteiger partial charge in [-0.1, -0.05) is 49.1 Å². The van der Waals surface area contributed by atoms with E-state index in [-0.39, 0.29) is 0 Å². The highest BCUT2D eigenvalue weighted by Crippen LogP contribution is 1.97. The van der Waals surface area contributed by atoms with Gasteiger partial charge >= 0.3 is 0 Å². The summed E-state index contributed by atoms with van der Waals surface area (Å²) in [6.45, 7) is 3.63. The lowest BCUT2D eigenvalue weighted by Crippen LogP contribution is -1.63. The minimum atomic E-state index is 1.17. The lowest BCUT2D eigenvalue weighted by Gasteiger charge is -1.85. The van der Waals surface area contributed by atoms with Crippen molar-refractivity contribution in [2.75, 3.05) is 0 Å². The van der Waals surface area contributed by atoms with Gasteiger partial charge in [-0.25, -0.2) is 0 Å². The summed E-state index contributed by atoms with van der Waals surface area (Å²) in [5, 5.41) is 0. The number of rotatable bonds is 1. The van der Waals surface area contributed by atoms with Crippen LogP contribution in [0.2, 0.25) is 0 Å². The number of aromatic nitrogens is 1. The monoisotopic (exact) mass is 183 g/mol. The van der Waals surface area contributed by atoms with Crippen molar-refractivity contribution in [2.45, 2.75) is 0 Å². The topological polar surface area (TPSA) is 12.9 Å². The summed E-state index contributed by atoms with van der Waals surface area (Å²) in [5.41, 5.74) is 1.17. The summed E-state index contributed by atoms with van der Waals surface area (Å²) in [6, 6.07) is 15.7. The first-order chi connectivity index (χ1) is 6.93. The third-order valence-corrected chi connectivity index (χ3v) is 1.60. The molecule has 0 radical (unpaired) electrons. The maximum Gasteiger partial charge on any atom is 0.0267 e. The number of benzene rings is 1. The lowest BCUT2D eigenvalue weighted by molar-refractivity contribution is 1.33. The van der Waals surface area contributed by atoms with Gasteiger partial charge in [0.15, 0.2) is 0 Å². The van der Waals surface area contributed by atoms with Crippen LogP contribution in [0.5, 0.6) is 0 Å². The van der Waals surface area contributed by atoms with E-state index in [4.69, 9.17) is 0 Å². The smallest absolute Gasteiger partial charge is 0.0267 e. The number of nitrogens with zero attached hydrogens (tertiary/aromatic N) is 1. The maximum absolute atomic E-state index is 3.78. The molecule has 1 nitrogen and oxygen atoms in total. The fraction of sp³-hybridized carbons (Fsp3) is 0. The second-order valence-corrected chi connectivity index (χ2v) is 2.64. The second kappa shape index (κ2) is 6.61. The Balaban J connectivity index is 0.000000146. The average Bonchev–Trinajstić information content (AvgIpc) is 2.33. The molecule has 1 aromatic heterocycles. The van der Waals surface area contributed by atoms with Gasteiger partial charge in [-0.2, -0.15) is 0 Å². The third-order valence-electron chi connectivity index (χ3n) is 1.60. The molecule has 14 heavy (non-hydrogen) atoms. The molecule has 2 aromatic rings. The Bertz CT molecular complexity index is 313. The zero-order valence-electron chi connectivity index (χ0n) is 8.01. The molecular formula is C13H13N. The van der Waals surface area contributed by atoms with Crippen LogP contribution in [-0.2, 0) is 0 Å². The third kappa shape index (κ3) is 4.21.